The second-order valence-corrected chi connectivity index (χ2v) is 9.25. The van der Waals surface area contributed by atoms with Crippen LogP contribution in [0.4, 0.5) is 0 Å². The first-order valence-corrected chi connectivity index (χ1v) is 11.9. The van der Waals surface area contributed by atoms with E-state index in [4.69, 9.17) is 9.84 Å². The molecule has 2 aliphatic rings. The number of carbonyl (C=O) groups excluding carboxylic acids is 2. The van der Waals surface area contributed by atoms with E-state index in [0.717, 1.165) is 18.4 Å². The third kappa shape index (κ3) is 6.55. The molecule has 1 saturated heterocycles. The van der Waals surface area contributed by atoms with E-state index in [-0.39, 0.29) is 23.5 Å². The summed E-state index contributed by atoms with van der Waals surface area (Å²) in [5.74, 6) is -0.412. The smallest absolute Gasteiger partial charge is 0.335 e. The fraction of sp³-hybridized carbons (Fsp3) is 0.640. The summed E-state index contributed by atoms with van der Waals surface area (Å²) in [5, 5.41) is 11.9. The Hall–Kier alpha value is -2.41. The van der Waals surface area contributed by atoms with E-state index in [9.17, 15) is 14.4 Å². The van der Waals surface area contributed by atoms with Gasteiger partial charge in [-0.05, 0) is 62.1 Å². The number of likely N-dealkylation sites (tertiary alicyclic amines) is 1. The molecular weight excluding hydrogens is 408 g/mol. The van der Waals surface area contributed by atoms with Gasteiger partial charge in [-0.2, -0.15) is 0 Å². The van der Waals surface area contributed by atoms with Gasteiger partial charge in [0.25, 0.3) is 0 Å². The molecule has 0 bridgehead atoms. The molecule has 2 amide bonds. The summed E-state index contributed by atoms with van der Waals surface area (Å²) in [4.78, 5) is 37.9. The molecule has 1 saturated carbocycles. The molecule has 1 aliphatic carbocycles. The van der Waals surface area contributed by atoms with Crippen molar-refractivity contribution in [3.63, 3.8) is 0 Å². The minimum absolute atomic E-state index is 0.0870. The minimum Gasteiger partial charge on any atom is -0.478 e. The van der Waals surface area contributed by atoms with Crippen LogP contribution in [0.5, 0.6) is 0 Å². The van der Waals surface area contributed by atoms with Gasteiger partial charge in [0.1, 0.15) is 6.04 Å². The van der Waals surface area contributed by atoms with E-state index in [1.54, 1.807) is 12.1 Å². The van der Waals surface area contributed by atoms with Crippen LogP contribution >= 0.6 is 0 Å². The van der Waals surface area contributed by atoms with E-state index in [1.807, 2.05) is 24.0 Å². The zero-order chi connectivity index (χ0) is 23.1. The van der Waals surface area contributed by atoms with Crippen molar-refractivity contribution in [3.8, 4) is 0 Å². The highest BCUT2D eigenvalue weighted by Gasteiger charge is 2.33. The molecule has 0 radical (unpaired) electrons. The molecule has 0 spiro atoms. The molecule has 1 heterocycles. The summed E-state index contributed by atoms with van der Waals surface area (Å²) in [6, 6.07) is 6.32. The van der Waals surface area contributed by atoms with Crippen LogP contribution in [0.15, 0.2) is 24.3 Å². The molecule has 1 aliphatic heterocycles. The van der Waals surface area contributed by atoms with Crippen LogP contribution in [-0.4, -0.2) is 59.6 Å². The van der Waals surface area contributed by atoms with Crippen molar-refractivity contribution in [2.75, 3.05) is 19.7 Å². The van der Waals surface area contributed by atoms with Crippen molar-refractivity contribution in [2.45, 2.75) is 76.9 Å². The number of rotatable bonds is 8. The first-order valence-electron chi connectivity index (χ1n) is 11.9. The van der Waals surface area contributed by atoms with Gasteiger partial charge in [0.05, 0.1) is 11.7 Å². The first-order chi connectivity index (χ1) is 15.3. The number of nitrogens with one attached hydrogen (secondary N) is 1. The number of nitrogens with zero attached hydrogens (tertiary/aromatic N) is 1. The van der Waals surface area contributed by atoms with Crippen molar-refractivity contribution in [1.29, 1.82) is 0 Å². The van der Waals surface area contributed by atoms with Gasteiger partial charge in [0.2, 0.25) is 11.8 Å². The lowest BCUT2D eigenvalue weighted by atomic mass is 9.88. The first kappa shape index (κ1) is 24.2. The van der Waals surface area contributed by atoms with E-state index in [0.29, 0.717) is 31.5 Å². The second kappa shape index (κ2) is 11.5. The standard InChI is InChI=1S/C25H36N2O5/c1-17(32-16-19-6-4-3-5-7-19)23(26-18(2)28)24(29)27-14-12-21(13-15-27)20-8-10-22(11-9-20)25(30)31/h8-11,17,19,21,23H,3-7,12-16H2,1-2H3,(H,26,28)(H,30,31). The third-order valence-corrected chi connectivity index (χ3v) is 6.85. The van der Waals surface area contributed by atoms with Gasteiger partial charge >= 0.3 is 5.97 Å². The van der Waals surface area contributed by atoms with Crippen LogP contribution < -0.4 is 5.32 Å². The van der Waals surface area contributed by atoms with E-state index >= 15 is 0 Å². The Balaban J connectivity index is 1.55. The van der Waals surface area contributed by atoms with E-state index in [1.165, 1.54) is 39.0 Å². The van der Waals surface area contributed by atoms with Crippen LogP contribution in [0.1, 0.15) is 80.6 Å². The molecule has 0 aromatic heterocycles. The molecular formula is C25H36N2O5. The normalized spacial score (nSPS) is 19.9. The lowest BCUT2D eigenvalue weighted by Crippen LogP contribution is -2.55. The number of amides is 2. The predicted octanol–water partition coefficient (Wildman–Crippen LogP) is 3.58. The molecule has 176 valence electrons. The van der Waals surface area contributed by atoms with Crippen molar-refractivity contribution >= 4 is 17.8 Å². The van der Waals surface area contributed by atoms with E-state index in [2.05, 4.69) is 5.32 Å². The largest absolute Gasteiger partial charge is 0.478 e. The third-order valence-electron chi connectivity index (χ3n) is 6.85. The lowest BCUT2D eigenvalue weighted by Gasteiger charge is -2.36. The van der Waals surface area contributed by atoms with Gasteiger partial charge in [-0.15, -0.1) is 0 Å². The quantitative estimate of drug-likeness (QED) is 0.639. The molecule has 1 aromatic rings. The number of carboxylic acid groups (broad SMARTS) is 1. The average Bonchev–Trinajstić information content (AvgIpc) is 2.81. The molecule has 7 nitrogen and oxygen atoms in total. The average molecular weight is 445 g/mol. The van der Waals surface area contributed by atoms with Crippen molar-refractivity contribution in [3.05, 3.63) is 35.4 Å². The molecule has 3 rings (SSSR count). The zero-order valence-corrected chi connectivity index (χ0v) is 19.2. The highest BCUT2D eigenvalue weighted by Crippen LogP contribution is 2.29. The molecule has 32 heavy (non-hydrogen) atoms. The zero-order valence-electron chi connectivity index (χ0n) is 19.2. The molecule has 7 heteroatoms. The summed E-state index contributed by atoms with van der Waals surface area (Å²) >= 11 is 0. The van der Waals surface area contributed by atoms with Gasteiger partial charge in [-0.25, -0.2) is 4.79 Å². The fourth-order valence-electron chi connectivity index (χ4n) is 4.86. The number of hydrogen-bond acceptors (Lipinski definition) is 4. The Morgan fingerprint density at radius 2 is 1.69 bits per heavy atom. The fourth-order valence-corrected chi connectivity index (χ4v) is 4.86. The van der Waals surface area contributed by atoms with Crippen LogP contribution in [0.2, 0.25) is 0 Å². The number of piperidine rings is 1. The predicted molar refractivity (Wildman–Crippen MR) is 122 cm³/mol. The number of hydrogen-bond donors (Lipinski definition) is 2. The molecule has 2 N–H and O–H groups in total. The summed E-state index contributed by atoms with van der Waals surface area (Å²) < 4.78 is 6.07. The minimum atomic E-state index is -0.930. The lowest BCUT2D eigenvalue weighted by molar-refractivity contribution is -0.141. The number of carboxylic acids is 1. The van der Waals surface area contributed by atoms with Crippen LogP contribution in [0.3, 0.4) is 0 Å². The highest BCUT2D eigenvalue weighted by molar-refractivity contribution is 5.88. The topological polar surface area (TPSA) is 95.9 Å². The monoisotopic (exact) mass is 444 g/mol. The van der Waals surface area contributed by atoms with Gasteiger partial charge in [0, 0.05) is 26.6 Å². The molecule has 2 fully saturated rings. The Bertz CT molecular complexity index is 780. The summed E-state index contributed by atoms with van der Waals surface area (Å²) in [6.07, 6.45) is 7.35. The number of aromatic carboxylic acids is 1. The van der Waals surface area contributed by atoms with Crippen molar-refractivity contribution < 1.29 is 24.2 Å². The Morgan fingerprint density at radius 1 is 1.06 bits per heavy atom. The Morgan fingerprint density at radius 3 is 2.25 bits per heavy atom. The Labute approximate surface area is 190 Å². The van der Waals surface area contributed by atoms with Gasteiger partial charge in [-0.3, -0.25) is 9.59 Å². The summed E-state index contributed by atoms with van der Waals surface area (Å²) in [5.41, 5.74) is 1.38. The van der Waals surface area contributed by atoms with Crippen LogP contribution in [-0.2, 0) is 14.3 Å². The molecule has 2 unspecified atom stereocenters. The second-order valence-electron chi connectivity index (χ2n) is 9.25. The maximum Gasteiger partial charge on any atom is 0.335 e. The number of carbonyl (C=O) groups is 3. The van der Waals surface area contributed by atoms with Gasteiger partial charge in [-0.1, -0.05) is 31.4 Å². The Kier molecular flexibility index (Phi) is 8.67. The van der Waals surface area contributed by atoms with E-state index < -0.39 is 12.0 Å². The highest BCUT2D eigenvalue weighted by atomic mass is 16.5. The van der Waals surface area contributed by atoms with Crippen LogP contribution in [0, 0.1) is 5.92 Å². The van der Waals surface area contributed by atoms with Gasteiger partial charge < -0.3 is 20.1 Å². The molecule has 1 aromatic carbocycles. The van der Waals surface area contributed by atoms with Gasteiger partial charge in [0.15, 0.2) is 0 Å². The summed E-state index contributed by atoms with van der Waals surface area (Å²) in [7, 11) is 0. The number of benzene rings is 1. The SMILES string of the molecule is CC(=O)NC(C(=O)N1CCC(c2ccc(C(=O)O)cc2)CC1)C(C)OCC1CCCCC1. The van der Waals surface area contributed by atoms with Crippen LogP contribution in [0.25, 0.3) is 0 Å². The summed E-state index contributed by atoms with van der Waals surface area (Å²) in [6.45, 7) is 5.16. The number of ether oxygens (including phenoxy) is 1. The van der Waals surface area contributed by atoms with Crippen molar-refractivity contribution in [2.24, 2.45) is 5.92 Å². The van der Waals surface area contributed by atoms with Crippen molar-refractivity contribution in [1.82, 2.24) is 10.2 Å². The maximum absolute atomic E-state index is 13.3. The molecule has 2 atom stereocenters. The maximum atomic E-state index is 13.3.